The molecule has 0 amide bonds. The average Bonchev–Trinajstić information content (AvgIpc) is 2.66. The van der Waals surface area contributed by atoms with Gasteiger partial charge < -0.3 is 10.2 Å². The number of benzene rings is 2. The first-order valence-electron chi connectivity index (χ1n) is 7.65. The van der Waals surface area contributed by atoms with E-state index in [2.05, 4.69) is 51.7 Å². The minimum absolute atomic E-state index is 0.0790. The number of fused-ring (bicyclic) bond motifs is 1. The van der Waals surface area contributed by atoms with Gasteiger partial charge in [0.2, 0.25) is 0 Å². The molecule has 126 valence electrons. The zero-order chi connectivity index (χ0) is 18.1. The van der Waals surface area contributed by atoms with Gasteiger partial charge in [0.25, 0.3) is 0 Å². The first-order chi connectivity index (χ1) is 11.1. The maximum absolute atomic E-state index is 9.85. The molecule has 2 N–H and O–H groups in total. The maximum Gasteiger partial charge on any atom is 0.128 e. The topological polar surface area (TPSA) is 40.5 Å². The highest BCUT2D eigenvalue weighted by Gasteiger charge is 2.45. The van der Waals surface area contributed by atoms with Crippen molar-refractivity contribution in [3.05, 3.63) is 59.2 Å². The number of phenols is 2. The van der Waals surface area contributed by atoms with Crippen LogP contribution in [0, 0.1) is 0 Å². The van der Waals surface area contributed by atoms with Crippen LogP contribution in [0.2, 0.25) is 0 Å². The fourth-order valence-corrected chi connectivity index (χ4v) is 3.74. The molecule has 3 unspecified atom stereocenters. The van der Waals surface area contributed by atoms with Crippen LogP contribution in [0.25, 0.3) is 0 Å². The minimum Gasteiger partial charge on any atom is -0.508 e. The molecule has 6 heteroatoms. The summed E-state index contributed by atoms with van der Waals surface area (Å²) < 4.78 is 0. The van der Waals surface area contributed by atoms with Gasteiger partial charge in [-0.1, -0.05) is 66.1 Å². The van der Waals surface area contributed by atoms with Crippen LogP contribution in [-0.2, 0) is 10.8 Å². The van der Waals surface area contributed by atoms with Crippen LogP contribution in [0.1, 0.15) is 43.9 Å². The lowest BCUT2D eigenvalue weighted by Crippen LogP contribution is -2.23. The molecule has 1 aliphatic carbocycles. The van der Waals surface area contributed by atoms with E-state index in [4.69, 9.17) is 7.57 Å². The average molecular weight is 470 g/mol. The molecule has 0 bridgehead atoms. The Labute approximate surface area is 162 Å². The molecule has 2 radical (unpaired) electrons. The molecule has 1 aliphatic rings. The van der Waals surface area contributed by atoms with Crippen LogP contribution in [0.15, 0.2) is 42.5 Å². The molecule has 2 aromatic carbocycles. The van der Waals surface area contributed by atoms with Crippen molar-refractivity contribution in [2.45, 2.75) is 38.0 Å². The van der Waals surface area contributed by atoms with Gasteiger partial charge in [-0.05, 0) is 52.8 Å². The van der Waals surface area contributed by atoms with Crippen molar-refractivity contribution in [2.75, 3.05) is 0 Å². The second kappa shape index (κ2) is 7.52. The minimum atomic E-state index is -0.234. The number of aromatic hydroxyl groups is 2. The summed E-state index contributed by atoms with van der Waals surface area (Å²) >= 11 is 2.15. The van der Waals surface area contributed by atoms with E-state index in [9.17, 15) is 10.2 Å². The Bertz CT molecular complexity index is 717. The lowest BCUT2D eigenvalue weighted by atomic mass is 9.75. The summed E-state index contributed by atoms with van der Waals surface area (Å²) in [6, 6.07) is 13.1. The summed E-state index contributed by atoms with van der Waals surface area (Å²) in [4.78, 5) is 0. The largest absolute Gasteiger partial charge is 0.508 e. The SMILES string of the molecule is CC1(C)CC(C)(c2ccc(O)cc2)c2cc(O)ccc21.[B]P(P)I. The summed E-state index contributed by atoms with van der Waals surface area (Å²) in [6.07, 6.45) is 0.990. The molecule has 2 nitrogen and oxygen atoms in total. The monoisotopic (exact) mass is 470 g/mol. The molecule has 0 aromatic heterocycles. The van der Waals surface area contributed by atoms with Crippen LogP contribution in [0.5, 0.6) is 11.5 Å². The van der Waals surface area contributed by atoms with E-state index in [0.717, 1.165) is 6.42 Å². The lowest BCUT2D eigenvalue weighted by Gasteiger charge is -2.28. The third-order valence-electron chi connectivity index (χ3n) is 4.63. The van der Waals surface area contributed by atoms with Gasteiger partial charge in [-0.2, -0.15) is 0 Å². The highest BCUT2D eigenvalue weighted by Crippen LogP contribution is 2.53. The fourth-order valence-electron chi connectivity index (χ4n) is 3.74. The van der Waals surface area contributed by atoms with Crippen molar-refractivity contribution in [2.24, 2.45) is 0 Å². The summed E-state index contributed by atoms with van der Waals surface area (Å²) in [5, 5.41) is 19.1. The van der Waals surface area contributed by atoms with E-state index >= 15 is 0 Å². The van der Waals surface area contributed by atoms with Gasteiger partial charge in [0.05, 0.1) is 0 Å². The molecule has 0 spiro atoms. The van der Waals surface area contributed by atoms with Gasteiger partial charge in [-0.15, -0.1) is 8.93 Å². The third-order valence-corrected chi connectivity index (χ3v) is 4.63. The van der Waals surface area contributed by atoms with Gasteiger partial charge in [0.1, 0.15) is 19.1 Å². The Hall–Kier alpha value is -0.305. The summed E-state index contributed by atoms with van der Waals surface area (Å²) in [5.41, 5.74) is 3.60. The lowest BCUT2D eigenvalue weighted by molar-refractivity contribution is 0.423. The van der Waals surface area contributed by atoms with Gasteiger partial charge in [-0.3, -0.25) is 0 Å². The van der Waals surface area contributed by atoms with Crippen LogP contribution in [0.4, 0.5) is 0 Å². The molecule has 0 heterocycles. The van der Waals surface area contributed by atoms with Crippen molar-refractivity contribution in [1.29, 1.82) is 0 Å². The van der Waals surface area contributed by atoms with E-state index in [0.29, 0.717) is 5.75 Å². The predicted molar refractivity (Wildman–Crippen MR) is 117 cm³/mol. The Morgan fingerprint density at radius 2 is 1.50 bits per heavy atom. The Balaban J connectivity index is 0.000000471. The third kappa shape index (κ3) is 4.26. The quantitative estimate of drug-likeness (QED) is 0.316. The normalized spacial score (nSPS) is 22.2. The zero-order valence-electron chi connectivity index (χ0n) is 14.1. The molecule has 0 aliphatic heterocycles. The number of hydrogen-bond donors (Lipinski definition) is 2. The maximum atomic E-state index is 9.85. The molecule has 0 saturated carbocycles. The van der Waals surface area contributed by atoms with E-state index in [1.807, 2.05) is 24.3 Å². The fraction of sp³-hybridized carbons (Fsp3) is 0.333. The molecule has 2 aromatic rings. The highest BCUT2D eigenvalue weighted by molar-refractivity contribution is 14.2. The van der Waals surface area contributed by atoms with E-state index < -0.39 is 0 Å². The number of hydrogen-bond acceptors (Lipinski definition) is 2. The van der Waals surface area contributed by atoms with Crippen LogP contribution < -0.4 is 0 Å². The van der Waals surface area contributed by atoms with Crippen LogP contribution in [-0.4, -0.2) is 17.8 Å². The van der Waals surface area contributed by atoms with Crippen LogP contribution >= 0.6 is 36.1 Å². The van der Waals surface area contributed by atoms with Gasteiger partial charge >= 0.3 is 0 Å². The second-order valence-electron chi connectivity index (χ2n) is 7.01. The molecular weight excluding hydrogens is 448 g/mol. The molecule has 24 heavy (non-hydrogen) atoms. The van der Waals surface area contributed by atoms with Crippen LogP contribution in [0.3, 0.4) is 0 Å². The molecule has 3 atom stereocenters. The summed E-state index contributed by atoms with van der Waals surface area (Å²) in [5.74, 6) is 0.595. The van der Waals surface area contributed by atoms with E-state index in [1.54, 1.807) is 18.2 Å². The van der Waals surface area contributed by atoms with Crippen molar-refractivity contribution in [3.63, 3.8) is 0 Å². The Morgan fingerprint density at radius 1 is 1.00 bits per heavy atom. The van der Waals surface area contributed by atoms with Gasteiger partial charge in [0.15, 0.2) is 0 Å². The molecule has 0 fully saturated rings. The smallest absolute Gasteiger partial charge is 0.128 e. The molecule has 3 rings (SSSR count). The van der Waals surface area contributed by atoms with Crippen molar-refractivity contribution in [3.8, 4) is 11.5 Å². The first-order valence-corrected chi connectivity index (χ1v) is 13.5. The number of phenolic OH excluding ortho intramolecular Hbond substituents is 2. The number of halogens is 1. The van der Waals surface area contributed by atoms with Crippen molar-refractivity contribution >= 4 is 43.7 Å². The first kappa shape index (κ1) is 20.0. The second-order valence-corrected chi connectivity index (χ2v) is 15.9. The molecule has 0 saturated heterocycles. The zero-order valence-corrected chi connectivity index (χ0v) is 18.3. The molecular formula is C18H22BIO2P2. The highest BCUT2D eigenvalue weighted by atomic mass is 127. The summed E-state index contributed by atoms with van der Waals surface area (Å²) in [6.45, 7) is 6.70. The van der Waals surface area contributed by atoms with Gasteiger partial charge in [0, 0.05) is 5.41 Å². The van der Waals surface area contributed by atoms with Gasteiger partial charge in [-0.25, -0.2) is 0 Å². The van der Waals surface area contributed by atoms with Crippen molar-refractivity contribution in [1.82, 2.24) is 0 Å². The standard InChI is InChI=1S/C18H20O2.BH2IP2/c1-17(2)11-18(3,12-4-6-13(19)7-5-12)16-10-14(20)8-9-15(16)17;1-4(2)3/h4-10,19-20H,11H2,1-3H3;3H2. The predicted octanol–water partition coefficient (Wildman–Crippen LogP) is 5.78. The number of rotatable bonds is 1. The van der Waals surface area contributed by atoms with Crippen molar-refractivity contribution < 1.29 is 10.2 Å². The van der Waals surface area contributed by atoms with E-state index in [-0.39, 0.29) is 21.7 Å². The Morgan fingerprint density at radius 3 is 2.04 bits per heavy atom. The Kier molecular flexibility index (Phi) is 6.27. The van der Waals surface area contributed by atoms with E-state index in [1.165, 1.54) is 16.7 Å². The summed E-state index contributed by atoms with van der Waals surface area (Å²) in [7, 11) is 7.61.